The highest BCUT2D eigenvalue weighted by atomic mass is 16.1. The Morgan fingerprint density at radius 2 is 1.78 bits per heavy atom. The predicted molar refractivity (Wildman–Crippen MR) is 89.3 cm³/mol. The van der Waals surface area contributed by atoms with Gasteiger partial charge in [0.25, 0.3) is 11.1 Å². The van der Waals surface area contributed by atoms with Crippen LogP contribution in [-0.2, 0) is 13.1 Å². The molecule has 4 rings (SSSR count). The zero-order chi connectivity index (χ0) is 19.0. The Balaban J connectivity index is 1.84. The minimum absolute atomic E-state index is 0.207. The normalized spacial score (nSPS) is 12.3. The highest BCUT2D eigenvalue weighted by Gasteiger charge is 2.16. The lowest BCUT2D eigenvalue weighted by molar-refractivity contribution is 0.354. The first-order chi connectivity index (χ1) is 13.1. The van der Waals surface area contributed by atoms with Gasteiger partial charge in [0.05, 0.1) is 29.4 Å². The van der Waals surface area contributed by atoms with Gasteiger partial charge >= 0.3 is 0 Å². The van der Waals surface area contributed by atoms with E-state index in [1.165, 1.54) is 27.9 Å². The molecule has 3 aromatic heterocycles. The van der Waals surface area contributed by atoms with E-state index in [9.17, 15) is 9.59 Å². The second-order valence-corrected chi connectivity index (χ2v) is 5.78. The highest BCUT2D eigenvalue weighted by molar-refractivity contribution is 5.93. The van der Waals surface area contributed by atoms with E-state index < -0.39 is 11.1 Å². The molecule has 0 aliphatic carbocycles. The third-order valence-electron chi connectivity index (χ3n) is 3.98. The van der Waals surface area contributed by atoms with Crippen molar-refractivity contribution in [3.05, 3.63) is 39.2 Å². The molecule has 0 N–H and O–H groups in total. The van der Waals surface area contributed by atoms with E-state index in [0.717, 1.165) is 4.68 Å². The summed E-state index contributed by atoms with van der Waals surface area (Å²) in [6.45, 7) is 1.83. The number of benzene rings is 1. The Morgan fingerprint density at radius 3 is 2.44 bits per heavy atom. The molecule has 0 aliphatic heterocycles. The minimum Gasteiger partial charge on any atom is -0.267 e. The molecule has 0 saturated heterocycles. The van der Waals surface area contributed by atoms with Crippen molar-refractivity contribution >= 4 is 21.8 Å². The number of hydrogen-bond acceptors (Lipinski definition) is 10. The molecule has 4 aromatic rings. The van der Waals surface area contributed by atoms with E-state index >= 15 is 0 Å². The smallest absolute Gasteiger partial charge is 0.267 e. The Bertz CT molecular complexity index is 1300. The lowest BCUT2D eigenvalue weighted by atomic mass is 10.2. The van der Waals surface area contributed by atoms with Crippen LogP contribution >= 0.6 is 0 Å². The van der Waals surface area contributed by atoms with Gasteiger partial charge in [-0.1, -0.05) is 10.4 Å². The van der Waals surface area contributed by atoms with E-state index in [0.29, 0.717) is 0 Å². The molecule has 0 fully saturated rings. The van der Waals surface area contributed by atoms with Gasteiger partial charge in [-0.25, -0.2) is 4.68 Å². The third kappa shape index (κ3) is 2.78. The SMILES string of the molecule is C[C@H](Cn1ncnn1)n1nnc2cc3c(=O)n(CC#N)nnc3cc2c1=O. The molecular weight excluding hydrogens is 354 g/mol. The Labute approximate surface area is 149 Å². The lowest BCUT2D eigenvalue weighted by Crippen LogP contribution is -2.30. The molecule has 3 heterocycles. The van der Waals surface area contributed by atoms with Crippen LogP contribution in [0.5, 0.6) is 0 Å². The lowest BCUT2D eigenvalue weighted by Gasteiger charge is -2.12. The Kier molecular flexibility index (Phi) is 3.84. The fraction of sp³-hybridized carbons (Fsp3) is 0.286. The summed E-state index contributed by atoms with van der Waals surface area (Å²) in [6, 6.07) is 4.33. The van der Waals surface area contributed by atoms with Crippen molar-refractivity contribution in [2.75, 3.05) is 0 Å². The van der Waals surface area contributed by atoms with Crippen LogP contribution in [-0.4, -0.2) is 50.2 Å². The maximum absolute atomic E-state index is 12.8. The third-order valence-corrected chi connectivity index (χ3v) is 3.98. The van der Waals surface area contributed by atoms with Crippen LogP contribution < -0.4 is 11.1 Å². The van der Waals surface area contributed by atoms with Gasteiger partial charge in [-0.05, 0) is 24.3 Å². The summed E-state index contributed by atoms with van der Waals surface area (Å²) in [5, 5.41) is 36.1. The summed E-state index contributed by atoms with van der Waals surface area (Å²) in [6.07, 6.45) is 1.30. The number of tetrazole rings is 1. The quantitative estimate of drug-likeness (QED) is 0.396. The summed E-state index contributed by atoms with van der Waals surface area (Å²) >= 11 is 0. The molecule has 1 atom stereocenters. The van der Waals surface area contributed by atoms with Gasteiger partial charge in [-0.2, -0.15) is 14.7 Å². The zero-order valence-electron chi connectivity index (χ0n) is 14.0. The van der Waals surface area contributed by atoms with E-state index in [4.69, 9.17) is 5.26 Å². The van der Waals surface area contributed by atoms with Crippen LogP contribution in [0.15, 0.2) is 28.0 Å². The number of aromatic nitrogens is 10. The summed E-state index contributed by atoms with van der Waals surface area (Å²) < 4.78 is 2.15. The molecule has 0 unspecified atom stereocenters. The molecule has 27 heavy (non-hydrogen) atoms. The largest absolute Gasteiger partial charge is 0.278 e. The van der Waals surface area contributed by atoms with E-state index in [1.807, 2.05) is 6.07 Å². The van der Waals surface area contributed by atoms with Crippen LogP contribution in [0.4, 0.5) is 0 Å². The van der Waals surface area contributed by atoms with Crippen molar-refractivity contribution in [2.45, 2.75) is 26.1 Å². The van der Waals surface area contributed by atoms with Crippen molar-refractivity contribution < 1.29 is 0 Å². The standard InChI is InChI=1S/C14H11N11O2/c1-8(6-24-17-7-16-20-24)25-14(27)10-5-11-9(4-12(10)19-22-25)13(26)23(3-2-15)21-18-11/h4-5,7-8H,3,6H2,1H3/t8-/m1/s1. The number of fused-ring (bicyclic) bond motifs is 2. The fourth-order valence-electron chi connectivity index (χ4n) is 2.67. The second kappa shape index (κ2) is 6.33. The topological polar surface area (TPSA) is 163 Å². The van der Waals surface area contributed by atoms with Crippen LogP contribution in [0.25, 0.3) is 21.8 Å². The molecule has 0 radical (unpaired) electrons. The van der Waals surface area contributed by atoms with Crippen LogP contribution in [0.1, 0.15) is 13.0 Å². The molecule has 0 bridgehead atoms. The summed E-state index contributed by atoms with van der Waals surface area (Å²) in [5.41, 5.74) is -0.384. The molecule has 0 spiro atoms. The van der Waals surface area contributed by atoms with Crippen LogP contribution in [0, 0.1) is 11.3 Å². The van der Waals surface area contributed by atoms with E-state index in [1.54, 1.807) is 6.92 Å². The van der Waals surface area contributed by atoms with Gasteiger partial charge in [0.1, 0.15) is 17.6 Å². The molecule has 0 aliphatic rings. The minimum atomic E-state index is -0.486. The number of nitrogens with zero attached hydrogens (tertiary/aromatic N) is 11. The van der Waals surface area contributed by atoms with Crippen LogP contribution in [0.2, 0.25) is 0 Å². The van der Waals surface area contributed by atoms with Gasteiger partial charge in [0.2, 0.25) is 0 Å². The fourth-order valence-corrected chi connectivity index (χ4v) is 2.67. The van der Waals surface area contributed by atoms with Gasteiger partial charge in [0, 0.05) is 0 Å². The van der Waals surface area contributed by atoms with Crippen LogP contribution in [0.3, 0.4) is 0 Å². The molecule has 0 amide bonds. The second-order valence-electron chi connectivity index (χ2n) is 5.78. The first-order valence-electron chi connectivity index (χ1n) is 7.83. The molecule has 0 saturated carbocycles. The van der Waals surface area contributed by atoms with Gasteiger partial charge < -0.3 is 0 Å². The Morgan fingerprint density at radius 1 is 1.07 bits per heavy atom. The van der Waals surface area contributed by atoms with Crippen molar-refractivity contribution in [3.63, 3.8) is 0 Å². The Hall–Kier alpha value is -4.08. The molecule has 1 aromatic carbocycles. The average molecular weight is 365 g/mol. The van der Waals surface area contributed by atoms with E-state index in [-0.39, 0.29) is 40.9 Å². The first-order valence-corrected chi connectivity index (χ1v) is 7.83. The number of rotatable bonds is 4. The number of hydrogen-bond donors (Lipinski definition) is 0. The van der Waals surface area contributed by atoms with Gasteiger partial charge in [0.15, 0.2) is 6.33 Å². The summed E-state index contributed by atoms with van der Waals surface area (Å²) in [7, 11) is 0. The monoisotopic (exact) mass is 365 g/mol. The average Bonchev–Trinajstić information content (AvgIpc) is 3.17. The van der Waals surface area contributed by atoms with E-state index in [2.05, 4.69) is 36.0 Å². The van der Waals surface area contributed by atoms with Crippen molar-refractivity contribution in [2.24, 2.45) is 0 Å². The molecule has 13 heteroatoms. The number of nitriles is 1. The highest BCUT2D eigenvalue weighted by Crippen LogP contribution is 2.14. The maximum atomic E-state index is 12.8. The maximum Gasteiger partial charge on any atom is 0.278 e. The van der Waals surface area contributed by atoms with Crippen molar-refractivity contribution in [3.8, 4) is 6.07 Å². The predicted octanol–water partition coefficient (Wildman–Crippen LogP) is -1.33. The molecule has 13 nitrogen and oxygen atoms in total. The molecule has 134 valence electrons. The summed E-state index contributed by atoms with van der Waals surface area (Å²) in [4.78, 5) is 26.5. The zero-order valence-corrected chi connectivity index (χ0v) is 14.0. The van der Waals surface area contributed by atoms with Gasteiger partial charge in [-0.15, -0.1) is 20.4 Å². The van der Waals surface area contributed by atoms with Crippen molar-refractivity contribution in [1.82, 2.24) is 50.2 Å². The first kappa shape index (κ1) is 16.4. The molecular formula is C14H11N11O2. The van der Waals surface area contributed by atoms with Gasteiger partial charge in [-0.3, -0.25) is 9.59 Å². The summed E-state index contributed by atoms with van der Waals surface area (Å²) in [5.74, 6) is 0. The van der Waals surface area contributed by atoms with Crippen molar-refractivity contribution in [1.29, 1.82) is 5.26 Å².